The van der Waals surface area contributed by atoms with Crippen molar-refractivity contribution >= 4 is 29.9 Å². The van der Waals surface area contributed by atoms with Crippen molar-refractivity contribution in [2.45, 2.75) is 25.8 Å². The summed E-state index contributed by atoms with van der Waals surface area (Å²) in [6.07, 6.45) is 1.92. The Morgan fingerprint density at radius 2 is 2.04 bits per heavy atom. The number of carbonyl (C=O) groups excluding carboxylic acids is 1. The third-order valence-electron chi connectivity index (χ3n) is 3.96. The van der Waals surface area contributed by atoms with Crippen LogP contribution in [0.5, 0.6) is 11.5 Å². The number of likely N-dealkylation sites (tertiary alicyclic amines) is 1. The fourth-order valence-electron chi connectivity index (χ4n) is 2.68. The summed E-state index contributed by atoms with van der Waals surface area (Å²) in [5, 5.41) is 3.65. The fraction of sp³-hybridized carbons (Fsp3) is 0.562. The second-order valence-corrected chi connectivity index (χ2v) is 5.68. The quantitative estimate of drug-likeness (QED) is 0.874. The van der Waals surface area contributed by atoms with Gasteiger partial charge >= 0.3 is 0 Å². The molecule has 0 spiro atoms. The molecule has 1 aliphatic heterocycles. The van der Waals surface area contributed by atoms with Crippen LogP contribution in [0.4, 0.5) is 0 Å². The Kier molecular flexibility index (Phi) is 7.95. The predicted octanol–water partition coefficient (Wildman–Crippen LogP) is 2.99. The Bertz CT molecular complexity index is 532. The van der Waals surface area contributed by atoms with Crippen molar-refractivity contribution in [1.29, 1.82) is 0 Å². The molecule has 23 heavy (non-hydrogen) atoms. The number of piperidine rings is 1. The molecule has 0 atom stereocenters. The van der Waals surface area contributed by atoms with Crippen LogP contribution in [-0.2, 0) is 0 Å². The average molecular weight is 363 g/mol. The number of ether oxygens (including phenoxy) is 2. The number of carbonyl (C=O) groups is 1. The van der Waals surface area contributed by atoms with Gasteiger partial charge < -0.3 is 19.7 Å². The lowest BCUT2D eigenvalue weighted by atomic mass is 10.0. The molecule has 1 N–H and O–H groups in total. The molecule has 2 rings (SSSR count). The number of amides is 1. The van der Waals surface area contributed by atoms with Crippen molar-refractivity contribution < 1.29 is 14.3 Å². The summed E-state index contributed by atoms with van der Waals surface area (Å²) >= 11 is 6.23. The molecule has 5 nitrogen and oxygen atoms in total. The van der Waals surface area contributed by atoms with Crippen LogP contribution < -0.4 is 14.8 Å². The van der Waals surface area contributed by atoms with Gasteiger partial charge in [-0.15, -0.1) is 12.4 Å². The molecule has 1 amide bonds. The highest BCUT2D eigenvalue weighted by Crippen LogP contribution is 2.36. The first-order chi connectivity index (χ1) is 10.6. The first kappa shape index (κ1) is 19.9. The second-order valence-electron chi connectivity index (χ2n) is 5.28. The largest absolute Gasteiger partial charge is 0.493 e. The molecule has 1 heterocycles. The molecule has 1 saturated heterocycles. The molecule has 0 unspecified atom stereocenters. The van der Waals surface area contributed by atoms with Crippen LogP contribution in [0.3, 0.4) is 0 Å². The van der Waals surface area contributed by atoms with Gasteiger partial charge in [-0.1, -0.05) is 11.6 Å². The van der Waals surface area contributed by atoms with E-state index in [4.69, 9.17) is 21.1 Å². The number of nitrogens with zero attached hydrogens (tertiary/aromatic N) is 1. The summed E-state index contributed by atoms with van der Waals surface area (Å²) in [5.41, 5.74) is 0.535. The molecule has 1 aromatic rings. The van der Waals surface area contributed by atoms with E-state index in [0.717, 1.165) is 25.9 Å². The molecule has 0 aliphatic carbocycles. The van der Waals surface area contributed by atoms with Crippen LogP contribution in [-0.4, -0.2) is 50.7 Å². The van der Waals surface area contributed by atoms with Crippen molar-refractivity contribution in [2.24, 2.45) is 0 Å². The van der Waals surface area contributed by atoms with Gasteiger partial charge in [0, 0.05) is 24.7 Å². The Hall–Kier alpha value is -1.17. The molecule has 0 bridgehead atoms. The van der Waals surface area contributed by atoms with Crippen LogP contribution in [0.25, 0.3) is 0 Å². The van der Waals surface area contributed by atoms with Crippen molar-refractivity contribution in [3.63, 3.8) is 0 Å². The number of benzene rings is 1. The molecule has 1 aromatic carbocycles. The lowest BCUT2D eigenvalue weighted by molar-refractivity contribution is 0.0707. The Morgan fingerprint density at radius 1 is 1.39 bits per heavy atom. The summed E-state index contributed by atoms with van der Waals surface area (Å²) in [6.45, 7) is 3.86. The lowest BCUT2D eigenvalue weighted by Gasteiger charge is -2.32. The number of rotatable bonds is 5. The van der Waals surface area contributed by atoms with Gasteiger partial charge in [-0.2, -0.15) is 0 Å². The third-order valence-corrected chi connectivity index (χ3v) is 4.24. The highest BCUT2D eigenvalue weighted by molar-refractivity contribution is 6.32. The maximum absolute atomic E-state index is 12.6. The zero-order valence-electron chi connectivity index (χ0n) is 13.7. The van der Waals surface area contributed by atoms with Crippen molar-refractivity contribution in [3.05, 3.63) is 22.7 Å². The molecule has 1 fully saturated rings. The summed E-state index contributed by atoms with van der Waals surface area (Å²) in [4.78, 5) is 14.5. The highest BCUT2D eigenvalue weighted by atomic mass is 35.5. The SMILES string of the molecule is CCOc1c(Cl)cc(C(=O)N2CCC(NC)CC2)cc1OC.Cl. The topological polar surface area (TPSA) is 50.8 Å². The number of nitrogens with one attached hydrogen (secondary N) is 1. The van der Waals surface area contributed by atoms with Crippen LogP contribution in [0.1, 0.15) is 30.1 Å². The molecule has 1 aliphatic rings. The van der Waals surface area contributed by atoms with Gasteiger partial charge in [-0.25, -0.2) is 0 Å². The third kappa shape index (κ3) is 4.66. The lowest BCUT2D eigenvalue weighted by Crippen LogP contribution is -2.43. The zero-order chi connectivity index (χ0) is 16.1. The van der Waals surface area contributed by atoms with Gasteiger partial charge in [0.1, 0.15) is 0 Å². The minimum Gasteiger partial charge on any atom is -0.493 e. The first-order valence-electron chi connectivity index (χ1n) is 7.57. The molecular formula is C16H24Cl2N2O3. The van der Waals surface area contributed by atoms with E-state index in [1.54, 1.807) is 19.2 Å². The summed E-state index contributed by atoms with van der Waals surface area (Å²) in [6, 6.07) is 3.84. The van der Waals surface area contributed by atoms with E-state index in [9.17, 15) is 4.79 Å². The van der Waals surface area contributed by atoms with Crippen molar-refractivity contribution in [2.75, 3.05) is 33.9 Å². The van der Waals surface area contributed by atoms with E-state index in [1.165, 1.54) is 0 Å². The predicted molar refractivity (Wildman–Crippen MR) is 94.4 cm³/mol. The Morgan fingerprint density at radius 3 is 2.57 bits per heavy atom. The van der Waals surface area contributed by atoms with E-state index in [0.29, 0.717) is 34.7 Å². The van der Waals surface area contributed by atoms with Crippen molar-refractivity contribution in [1.82, 2.24) is 10.2 Å². The second kappa shape index (κ2) is 9.21. The number of halogens is 2. The zero-order valence-corrected chi connectivity index (χ0v) is 15.3. The van der Waals surface area contributed by atoms with E-state index in [2.05, 4.69) is 5.32 Å². The number of hydrogen-bond donors (Lipinski definition) is 1. The summed E-state index contributed by atoms with van der Waals surface area (Å²) < 4.78 is 10.8. The van der Waals surface area contributed by atoms with Crippen LogP contribution in [0.2, 0.25) is 5.02 Å². The monoisotopic (exact) mass is 362 g/mol. The maximum atomic E-state index is 12.6. The van der Waals surface area contributed by atoms with Crippen LogP contribution >= 0.6 is 24.0 Å². The fourth-order valence-corrected chi connectivity index (χ4v) is 2.95. The van der Waals surface area contributed by atoms with Gasteiger partial charge in [0.15, 0.2) is 11.5 Å². The van der Waals surface area contributed by atoms with E-state index >= 15 is 0 Å². The van der Waals surface area contributed by atoms with E-state index in [-0.39, 0.29) is 18.3 Å². The summed E-state index contributed by atoms with van der Waals surface area (Å²) in [7, 11) is 3.50. The smallest absolute Gasteiger partial charge is 0.254 e. The van der Waals surface area contributed by atoms with Crippen molar-refractivity contribution in [3.8, 4) is 11.5 Å². The number of hydrogen-bond acceptors (Lipinski definition) is 4. The van der Waals surface area contributed by atoms with E-state index < -0.39 is 0 Å². The molecule has 130 valence electrons. The van der Waals surface area contributed by atoms with Crippen LogP contribution in [0.15, 0.2) is 12.1 Å². The minimum atomic E-state index is -0.0159. The molecular weight excluding hydrogens is 339 g/mol. The highest BCUT2D eigenvalue weighted by Gasteiger charge is 2.24. The molecule has 0 radical (unpaired) electrons. The average Bonchev–Trinajstić information content (AvgIpc) is 2.56. The van der Waals surface area contributed by atoms with Gasteiger partial charge in [0.05, 0.1) is 18.7 Å². The molecule has 0 aromatic heterocycles. The number of methoxy groups -OCH3 is 1. The Balaban J connectivity index is 0.00000264. The standard InChI is InChI=1S/C16H23ClN2O3.ClH/c1-4-22-15-13(17)9-11(10-14(15)21-3)16(20)19-7-5-12(18-2)6-8-19;/h9-10,12,18H,4-8H2,1-3H3;1H. The molecule has 7 heteroatoms. The maximum Gasteiger partial charge on any atom is 0.254 e. The first-order valence-corrected chi connectivity index (χ1v) is 7.95. The molecule has 0 saturated carbocycles. The normalized spacial score (nSPS) is 15.0. The minimum absolute atomic E-state index is 0. The Labute approximate surface area is 148 Å². The van der Waals surface area contributed by atoms with Gasteiger partial charge in [-0.05, 0) is 38.9 Å². The summed E-state index contributed by atoms with van der Waals surface area (Å²) in [5.74, 6) is 0.956. The van der Waals surface area contributed by atoms with Gasteiger partial charge in [0.2, 0.25) is 0 Å². The van der Waals surface area contributed by atoms with Gasteiger partial charge in [0.25, 0.3) is 5.91 Å². The van der Waals surface area contributed by atoms with Crippen LogP contribution in [0, 0.1) is 0 Å². The van der Waals surface area contributed by atoms with E-state index in [1.807, 2.05) is 18.9 Å². The van der Waals surface area contributed by atoms with Gasteiger partial charge in [-0.3, -0.25) is 4.79 Å².